The third-order valence-electron chi connectivity index (χ3n) is 3.46. The van der Waals surface area contributed by atoms with Crippen molar-refractivity contribution in [1.29, 1.82) is 0 Å². The number of piperidine rings is 1. The first-order valence-electron chi connectivity index (χ1n) is 6.17. The first-order valence-corrected chi connectivity index (χ1v) is 6.55. The number of aryl methyl sites for hydroxylation is 1. The van der Waals surface area contributed by atoms with Gasteiger partial charge in [-0.1, -0.05) is 11.6 Å². The molecule has 0 unspecified atom stereocenters. The summed E-state index contributed by atoms with van der Waals surface area (Å²) in [5.74, 6) is 0.183. The lowest BCUT2D eigenvalue weighted by Gasteiger charge is -2.29. The van der Waals surface area contributed by atoms with Crippen LogP contribution in [0.15, 0.2) is 6.20 Å². The fourth-order valence-electron chi connectivity index (χ4n) is 2.32. The summed E-state index contributed by atoms with van der Waals surface area (Å²) in [4.78, 5) is 21.8. The molecule has 0 aliphatic carbocycles. The monoisotopic (exact) mass is 279 g/mol. The number of carbonyl (C=O) groups excluding carboxylic acids is 1. The van der Waals surface area contributed by atoms with Gasteiger partial charge in [-0.2, -0.15) is 5.10 Å². The van der Waals surface area contributed by atoms with Gasteiger partial charge in [-0.25, -0.2) is 9.97 Å². The van der Waals surface area contributed by atoms with E-state index >= 15 is 0 Å². The summed E-state index contributed by atoms with van der Waals surface area (Å²) >= 11 is 5.95. The summed E-state index contributed by atoms with van der Waals surface area (Å²) in [6, 6.07) is 0.179. The molecule has 19 heavy (non-hydrogen) atoms. The minimum absolute atomic E-state index is 0.179. The normalized spacial score (nSPS) is 20.3. The molecule has 0 N–H and O–H groups in total. The number of carbonyl (C=O) groups is 1. The fourth-order valence-corrected chi connectivity index (χ4v) is 2.45. The molecule has 0 bridgehead atoms. The van der Waals surface area contributed by atoms with Crippen molar-refractivity contribution in [2.75, 3.05) is 13.6 Å². The van der Waals surface area contributed by atoms with E-state index in [2.05, 4.69) is 15.1 Å². The molecule has 1 fully saturated rings. The molecule has 2 aromatic heterocycles. The first kappa shape index (κ1) is 12.3. The Bertz CT molecular complexity index is 614. The number of likely N-dealkylation sites (tertiary alicyclic amines) is 1. The predicted molar refractivity (Wildman–Crippen MR) is 71.0 cm³/mol. The van der Waals surface area contributed by atoms with E-state index in [0.717, 1.165) is 11.9 Å². The van der Waals surface area contributed by atoms with Crippen LogP contribution in [0, 0.1) is 6.92 Å². The highest BCUT2D eigenvalue weighted by Crippen LogP contribution is 2.23. The van der Waals surface area contributed by atoms with E-state index in [0.29, 0.717) is 29.5 Å². The number of aromatic nitrogens is 4. The zero-order chi connectivity index (χ0) is 13.6. The smallest absolute Gasteiger partial charge is 0.222 e. The van der Waals surface area contributed by atoms with E-state index in [4.69, 9.17) is 11.6 Å². The van der Waals surface area contributed by atoms with Gasteiger partial charge in [-0.15, -0.1) is 0 Å². The number of amides is 1. The fraction of sp³-hybridized carbons (Fsp3) is 0.500. The Morgan fingerprint density at radius 2 is 2.21 bits per heavy atom. The highest BCUT2D eigenvalue weighted by molar-refractivity contribution is 6.30. The van der Waals surface area contributed by atoms with E-state index in [1.165, 1.54) is 0 Å². The van der Waals surface area contributed by atoms with Crippen molar-refractivity contribution in [3.8, 4) is 0 Å². The average molecular weight is 280 g/mol. The lowest BCUT2D eigenvalue weighted by atomic mass is 10.1. The molecule has 1 amide bonds. The Hall–Kier alpha value is -1.69. The van der Waals surface area contributed by atoms with Crippen LogP contribution < -0.4 is 0 Å². The van der Waals surface area contributed by atoms with Crippen molar-refractivity contribution < 1.29 is 4.79 Å². The third kappa shape index (κ3) is 2.16. The molecular weight excluding hydrogens is 266 g/mol. The van der Waals surface area contributed by atoms with Gasteiger partial charge in [-0.3, -0.25) is 9.48 Å². The molecule has 0 aromatic carbocycles. The van der Waals surface area contributed by atoms with Gasteiger partial charge in [0.1, 0.15) is 5.52 Å². The van der Waals surface area contributed by atoms with Crippen LogP contribution in [0.4, 0.5) is 0 Å². The molecule has 100 valence electrons. The van der Waals surface area contributed by atoms with Gasteiger partial charge in [-0.05, 0) is 13.3 Å². The zero-order valence-corrected chi connectivity index (χ0v) is 11.6. The number of hydrogen-bond acceptors (Lipinski definition) is 4. The third-order valence-corrected chi connectivity index (χ3v) is 3.82. The van der Waals surface area contributed by atoms with Gasteiger partial charge in [0.2, 0.25) is 11.6 Å². The number of rotatable bonds is 1. The van der Waals surface area contributed by atoms with Gasteiger partial charge in [0, 0.05) is 20.0 Å². The van der Waals surface area contributed by atoms with Gasteiger partial charge in [0.05, 0.1) is 17.9 Å². The second-order valence-corrected chi connectivity index (χ2v) is 5.24. The van der Waals surface area contributed by atoms with Crippen LogP contribution in [0.1, 0.15) is 24.6 Å². The number of likely N-dealkylation sites (N-methyl/N-ethyl adjacent to an activating group) is 1. The van der Waals surface area contributed by atoms with Crippen LogP contribution >= 0.6 is 11.6 Å². The van der Waals surface area contributed by atoms with E-state index < -0.39 is 0 Å². The molecular formula is C12H14ClN5O. The Balaban J connectivity index is 1.95. The van der Waals surface area contributed by atoms with Crippen LogP contribution in [-0.2, 0) is 4.79 Å². The maximum atomic E-state index is 11.5. The van der Waals surface area contributed by atoms with Crippen LogP contribution in [0.3, 0.4) is 0 Å². The Kier molecular flexibility index (Phi) is 2.89. The van der Waals surface area contributed by atoms with E-state index in [-0.39, 0.29) is 11.9 Å². The van der Waals surface area contributed by atoms with Crippen LogP contribution in [-0.4, -0.2) is 44.1 Å². The molecule has 7 heteroatoms. The molecule has 1 aliphatic rings. The van der Waals surface area contributed by atoms with Crippen molar-refractivity contribution >= 4 is 28.7 Å². The number of hydrogen-bond donors (Lipinski definition) is 0. The second-order valence-electron chi connectivity index (χ2n) is 4.88. The summed E-state index contributed by atoms with van der Waals surface area (Å²) in [5, 5.41) is 4.80. The standard InChI is InChI=1S/C12H14ClN5O/c1-7-11(13)15-12-9(14-7)6-18(16-12)8-3-4-10(19)17(2)5-8/h6,8H,3-5H2,1-2H3/t8-/m1/s1. The van der Waals surface area contributed by atoms with E-state index in [9.17, 15) is 4.79 Å². The zero-order valence-electron chi connectivity index (χ0n) is 10.8. The molecule has 6 nitrogen and oxygen atoms in total. The van der Waals surface area contributed by atoms with Gasteiger partial charge >= 0.3 is 0 Å². The highest BCUT2D eigenvalue weighted by atomic mass is 35.5. The van der Waals surface area contributed by atoms with Gasteiger partial charge in [0.15, 0.2) is 5.15 Å². The van der Waals surface area contributed by atoms with E-state index in [1.54, 1.807) is 4.90 Å². The second kappa shape index (κ2) is 4.45. The molecule has 1 atom stereocenters. The van der Waals surface area contributed by atoms with Crippen molar-refractivity contribution in [1.82, 2.24) is 24.6 Å². The van der Waals surface area contributed by atoms with Crippen molar-refractivity contribution in [2.24, 2.45) is 0 Å². The first-order chi connectivity index (χ1) is 9.04. The molecule has 3 rings (SSSR count). The summed E-state index contributed by atoms with van der Waals surface area (Å²) < 4.78 is 1.85. The molecule has 3 heterocycles. The Labute approximate surface area is 115 Å². The Morgan fingerprint density at radius 3 is 2.95 bits per heavy atom. The highest BCUT2D eigenvalue weighted by Gasteiger charge is 2.25. The molecule has 2 aromatic rings. The van der Waals surface area contributed by atoms with E-state index in [1.807, 2.05) is 24.9 Å². The Morgan fingerprint density at radius 1 is 1.42 bits per heavy atom. The van der Waals surface area contributed by atoms with Crippen molar-refractivity contribution in [3.05, 3.63) is 17.0 Å². The minimum atomic E-state index is 0.179. The SMILES string of the molecule is Cc1nc2cn([C@@H]3CCC(=O)N(C)C3)nc2nc1Cl. The summed E-state index contributed by atoms with van der Waals surface area (Å²) in [6.07, 6.45) is 3.22. The molecule has 0 saturated carbocycles. The summed E-state index contributed by atoms with van der Waals surface area (Å²) in [6.45, 7) is 2.48. The number of nitrogens with zero attached hydrogens (tertiary/aromatic N) is 5. The molecule has 1 saturated heterocycles. The average Bonchev–Trinajstić information content (AvgIpc) is 2.76. The predicted octanol–water partition coefficient (Wildman–Crippen LogP) is 1.58. The molecule has 0 radical (unpaired) electrons. The van der Waals surface area contributed by atoms with Crippen molar-refractivity contribution in [2.45, 2.75) is 25.8 Å². The van der Waals surface area contributed by atoms with Crippen molar-refractivity contribution in [3.63, 3.8) is 0 Å². The minimum Gasteiger partial charge on any atom is -0.344 e. The summed E-state index contributed by atoms with van der Waals surface area (Å²) in [5.41, 5.74) is 1.99. The maximum absolute atomic E-state index is 11.5. The largest absolute Gasteiger partial charge is 0.344 e. The van der Waals surface area contributed by atoms with Crippen LogP contribution in [0.2, 0.25) is 5.15 Å². The van der Waals surface area contributed by atoms with Gasteiger partial charge in [0.25, 0.3) is 0 Å². The lowest BCUT2D eigenvalue weighted by Crippen LogP contribution is -2.38. The van der Waals surface area contributed by atoms with Crippen LogP contribution in [0.25, 0.3) is 11.2 Å². The molecule has 0 spiro atoms. The maximum Gasteiger partial charge on any atom is 0.222 e. The summed E-state index contributed by atoms with van der Waals surface area (Å²) in [7, 11) is 1.81. The number of halogens is 1. The topological polar surface area (TPSA) is 63.9 Å². The number of fused-ring (bicyclic) bond motifs is 1. The molecule has 1 aliphatic heterocycles. The van der Waals surface area contributed by atoms with Crippen LogP contribution in [0.5, 0.6) is 0 Å². The quantitative estimate of drug-likeness (QED) is 0.795. The lowest BCUT2D eigenvalue weighted by molar-refractivity contribution is -0.133. The van der Waals surface area contributed by atoms with Gasteiger partial charge < -0.3 is 4.90 Å².